The second kappa shape index (κ2) is 6.61. The highest BCUT2D eigenvalue weighted by Crippen LogP contribution is 2.33. The molecule has 2 amide bonds. The minimum Gasteiger partial charge on any atom is -0.480 e. The molecule has 1 saturated carbocycles. The number of amides is 2. The van der Waals surface area contributed by atoms with Crippen LogP contribution in [-0.4, -0.2) is 29.2 Å². The maximum Gasteiger partial charge on any atom is 0.326 e. The van der Waals surface area contributed by atoms with Crippen LogP contribution in [0.25, 0.3) is 0 Å². The summed E-state index contributed by atoms with van der Waals surface area (Å²) in [4.78, 5) is 22.8. The number of carboxylic acid groups (broad SMARTS) is 1. The van der Waals surface area contributed by atoms with Gasteiger partial charge in [-0.2, -0.15) is 0 Å². The molecule has 0 bridgehead atoms. The first-order chi connectivity index (χ1) is 8.43. The zero-order chi connectivity index (χ0) is 13.7. The van der Waals surface area contributed by atoms with Crippen LogP contribution in [0.3, 0.4) is 0 Å². The second-order valence-corrected chi connectivity index (χ2v) is 5.40. The predicted molar refractivity (Wildman–Crippen MR) is 69.3 cm³/mol. The third-order valence-corrected chi connectivity index (χ3v) is 3.53. The van der Waals surface area contributed by atoms with Crippen LogP contribution in [0.1, 0.15) is 46.5 Å². The molecule has 1 fully saturated rings. The highest BCUT2D eigenvalue weighted by molar-refractivity contribution is 5.82. The molecule has 1 aliphatic rings. The van der Waals surface area contributed by atoms with Gasteiger partial charge in [0.15, 0.2) is 0 Å². The molecule has 5 nitrogen and oxygen atoms in total. The molecule has 1 unspecified atom stereocenters. The van der Waals surface area contributed by atoms with Crippen molar-refractivity contribution in [1.29, 1.82) is 0 Å². The van der Waals surface area contributed by atoms with Crippen molar-refractivity contribution < 1.29 is 14.7 Å². The number of rotatable bonds is 7. The third kappa shape index (κ3) is 4.94. The molecule has 18 heavy (non-hydrogen) atoms. The van der Waals surface area contributed by atoms with E-state index in [0.717, 1.165) is 18.8 Å². The van der Waals surface area contributed by atoms with E-state index >= 15 is 0 Å². The Hall–Kier alpha value is -1.26. The summed E-state index contributed by atoms with van der Waals surface area (Å²) in [6.07, 6.45) is 4.19. The van der Waals surface area contributed by atoms with Crippen molar-refractivity contribution in [1.82, 2.24) is 10.6 Å². The van der Waals surface area contributed by atoms with E-state index in [4.69, 9.17) is 5.11 Å². The Morgan fingerprint density at radius 2 is 1.89 bits per heavy atom. The molecule has 1 rings (SSSR count). The zero-order valence-corrected chi connectivity index (χ0v) is 11.4. The van der Waals surface area contributed by atoms with Gasteiger partial charge >= 0.3 is 12.0 Å². The highest BCUT2D eigenvalue weighted by atomic mass is 16.4. The molecule has 0 saturated heterocycles. The molecule has 3 atom stereocenters. The molecule has 0 heterocycles. The summed E-state index contributed by atoms with van der Waals surface area (Å²) in [7, 11) is 0. The van der Waals surface area contributed by atoms with E-state index in [-0.39, 0.29) is 18.0 Å². The summed E-state index contributed by atoms with van der Waals surface area (Å²) in [6.45, 7) is 5.69. The number of carbonyl (C=O) groups excluding carboxylic acids is 1. The topological polar surface area (TPSA) is 78.4 Å². The van der Waals surface area contributed by atoms with Crippen molar-refractivity contribution in [2.75, 3.05) is 0 Å². The van der Waals surface area contributed by atoms with Crippen LogP contribution in [0, 0.1) is 11.8 Å². The van der Waals surface area contributed by atoms with Crippen molar-refractivity contribution in [2.24, 2.45) is 11.8 Å². The smallest absolute Gasteiger partial charge is 0.326 e. The van der Waals surface area contributed by atoms with Gasteiger partial charge < -0.3 is 15.7 Å². The molecular weight excluding hydrogens is 232 g/mol. The maximum absolute atomic E-state index is 11.7. The second-order valence-electron chi connectivity index (χ2n) is 5.40. The quantitative estimate of drug-likeness (QED) is 0.651. The van der Waals surface area contributed by atoms with E-state index in [2.05, 4.69) is 10.6 Å². The molecule has 104 valence electrons. The van der Waals surface area contributed by atoms with Gasteiger partial charge in [0.05, 0.1) is 0 Å². The molecule has 0 aromatic heterocycles. The van der Waals surface area contributed by atoms with Crippen LogP contribution >= 0.6 is 0 Å². The number of hydrogen-bond donors (Lipinski definition) is 3. The number of carbonyl (C=O) groups is 2. The zero-order valence-electron chi connectivity index (χ0n) is 11.4. The minimum absolute atomic E-state index is 0.0769. The Bertz CT molecular complexity index is 303. The first-order valence-electron chi connectivity index (χ1n) is 6.73. The Balaban J connectivity index is 2.37. The lowest BCUT2D eigenvalue weighted by molar-refractivity contribution is -0.140. The summed E-state index contributed by atoms with van der Waals surface area (Å²) >= 11 is 0. The van der Waals surface area contributed by atoms with Gasteiger partial charge in [-0.15, -0.1) is 0 Å². The van der Waals surface area contributed by atoms with Crippen LogP contribution in [-0.2, 0) is 4.79 Å². The van der Waals surface area contributed by atoms with E-state index in [0.29, 0.717) is 0 Å². The van der Waals surface area contributed by atoms with E-state index in [9.17, 15) is 9.59 Å². The molecule has 5 heteroatoms. The summed E-state index contributed by atoms with van der Waals surface area (Å²) in [5.41, 5.74) is 0. The predicted octanol–water partition coefficient (Wildman–Crippen LogP) is 1.97. The van der Waals surface area contributed by atoms with Crippen LogP contribution in [0.2, 0.25) is 0 Å². The minimum atomic E-state index is -0.977. The van der Waals surface area contributed by atoms with E-state index < -0.39 is 12.0 Å². The summed E-state index contributed by atoms with van der Waals surface area (Å²) in [5, 5.41) is 14.4. The molecule has 0 radical (unpaired) electrons. The Kier molecular flexibility index (Phi) is 5.44. The first-order valence-corrected chi connectivity index (χ1v) is 6.73. The van der Waals surface area contributed by atoms with Crippen LogP contribution in [0.4, 0.5) is 4.79 Å². The first kappa shape index (κ1) is 14.8. The van der Waals surface area contributed by atoms with Gasteiger partial charge in [-0.1, -0.05) is 33.1 Å². The monoisotopic (exact) mass is 256 g/mol. The maximum atomic E-state index is 11.7. The third-order valence-electron chi connectivity index (χ3n) is 3.53. The van der Waals surface area contributed by atoms with Crippen molar-refractivity contribution >= 4 is 12.0 Å². The number of nitrogens with one attached hydrogen (secondary N) is 2. The van der Waals surface area contributed by atoms with E-state index in [1.807, 2.05) is 20.8 Å². The van der Waals surface area contributed by atoms with Gasteiger partial charge in [0.25, 0.3) is 0 Å². The molecule has 3 N–H and O–H groups in total. The lowest BCUT2D eigenvalue weighted by Gasteiger charge is -2.22. The van der Waals surface area contributed by atoms with Gasteiger partial charge in [-0.25, -0.2) is 9.59 Å². The number of carboxylic acids is 1. The summed E-state index contributed by atoms with van der Waals surface area (Å²) in [5.74, 6) is -0.313. The summed E-state index contributed by atoms with van der Waals surface area (Å²) in [6, 6.07) is -1.09. The largest absolute Gasteiger partial charge is 0.480 e. The Labute approximate surface area is 108 Å². The van der Waals surface area contributed by atoms with E-state index in [1.165, 1.54) is 12.8 Å². The van der Waals surface area contributed by atoms with Crippen molar-refractivity contribution in [3.63, 3.8) is 0 Å². The average Bonchev–Trinajstić information content (AvgIpc) is 3.08. The highest BCUT2D eigenvalue weighted by Gasteiger charge is 2.27. The van der Waals surface area contributed by atoms with Gasteiger partial charge in [-0.3, -0.25) is 0 Å². The molecule has 0 aliphatic heterocycles. The van der Waals surface area contributed by atoms with Crippen molar-refractivity contribution in [3.05, 3.63) is 0 Å². The molecular formula is C13H24N2O3. The molecule has 0 aromatic carbocycles. The van der Waals surface area contributed by atoms with Gasteiger partial charge in [0, 0.05) is 6.04 Å². The fourth-order valence-corrected chi connectivity index (χ4v) is 2.00. The van der Waals surface area contributed by atoms with Crippen LogP contribution in [0.15, 0.2) is 0 Å². The van der Waals surface area contributed by atoms with Gasteiger partial charge in [0.2, 0.25) is 0 Å². The molecule has 1 aliphatic carbocycles. The van der Waals surface area contributed by atoms with Crippen LogP contribution < -0.4 is 10.6 Å². The number of hydrogen-bond acceptors (Lipinski definition) is 2. The van der Waals surface area contributed by atoms with E-state index in [1.54, 1.807) is 0 Å². The van der Waals surface area contributed by atoms with Gasteiger partial charge in [0.1, 0.15) is 6.04 Å². The summed E-state index contributed by atoms with van der Waals surface area (Å²) < 4.78 is 0. The lowest BCUT2D eigenvalue weighted by Crippen LogP contribution is -2.51. The average molecular weight is 256 g/mol. The number of urea groups is 1. The Morgan fingerprint density at radius 3 is 2.33 bits per heavy atom. The van der Waals surface area contributed by atoms with Gasteiger partial charge in [-0.05, 0) is 25.2 Å². The Morgan fingerprint density at radius 1 is 1.28 bits per heavy atom. The van der Waals surface area contributed by atoms with Crippen molar-refractivity contribution in [3.8, 4) is 0 Å². The molecule has 0 spiro atoms. The number of aliphatic carboxylic acids is 1. The standard InChI is InChI=1S/C13H24N2O3/c1-4-8(2)11(12(16)17)15-13(18)14-9(3)7-10-5-6-10/h8-11H,4-7H2,1-3H3,(H,16,17)(H2,14,15,18)/t8-,9?,11-/m1/s1. The lowest BCUT2D eigenvalue weighted by atomic mass is 9.99. The SMILES string of the molecule is CC[C@@H](C)[C@@H](NC(=O)NC(C)CC1CC1)C(=O)O. The van der Waals surface area contributed by atoms with Crippen LogP contribution in [0.5, 0.6) is 0 Å². The molecule has 0 aromatic rings. The fraction of sp³-hybridized carbons (Fsp3) is 0.846. The fourth-order valence-electron chi connectivity index (χ4n) is 2.00. The normalized spacial score (nSPS) is 19.7. The van der Waals surface area contributed by atoms with Crippen molar-refractivity contribution in [2.45, 2.75) is 58.5 Å².